The maximum Gasteiger partial charge on any atom is 0.345 e. The molecule has 0 saturated carbocycles. The van der Waals surface area contributed by atoms with Crippen molar-refractivity contribution in [1.29, 1.82) is 0 Å². The van der Waals surface area contributed by atoms with Crippen LogP contribution in [0, 0.1) is 12.7 Å². The number of benzene rings is 3. The number of carboxylic acid groups (broad SMARTS) is 1. The number of piperazine rings is 1. The van der Waals surface area contributed by atoms with E-state index < -0.39 is 17.9 Å². The minimum atomic E-state index is -1.44. The molecule has 314 valence electrons. The van der Waals surface area contributed by atoms with Crippen LogP contribution >= 0.6 is 11.6 Å². The summed E-state index contributed by atoms with van der Waals surface area (Å²) < 4.78 is 45.4. The molecule has 1 N–H and O–H groups in total. The number of aliphatic carboxylic acids is 1. The number of carbonyl (C=O) groups is 1. The molecular formula is C44H46ClFN6O8. The van der Waals surface area contributed by atoms with Crippen LogP contribution in [-0.4, -0.2) is 106 Å². The number of para-hydroxylation sites is 1. The minimum Gasteiger partial charge on any atom is -0.491 e. The number of hydrogen-bond donors (Lipinski definition) is 1. The highest BCUT2D eigenvalue weighted by atomic mass is 35.5. The monoisotopic (exact) mass is 840 g/mol. The van der Waals surface area contributed by atoms with E-state index in [2.05, 4.69) is 31.8 Å². The van der Waals surface area contributed by atoms with Gasteiger partial charge in [-0.3, -0.25) is 9.69 Å². The molecule has 1 fully saturated rings. The average Bonchev–Trinajstić information content (AvgIpc) is 3.65. The van der Waals surface area contributed by atoms with Crippen molar-refractivity contribution in [1.82, 2.24) is 29.5 Å². The first-order chi connectivity index (χ1) is 29.1. The van der Waals surface area contributed by atoms with Crippen LogP contribution < -0.4 is 19.8 Å². The molecule has 14 nitrogen and oxygen atoms in total. The molecule has 16 heteroatoms. The summed E-state index contributed by atoms with van der Waals surface area (Å²) in [6, 6.07) is 19.4. The van der Waals surface area contributed by atoms with E-state index in [1.807, 2.05) is 13.0 Å². The highest BCUT2D eigenvalue weighted by Gasteiger charge is 2.29. The van der Waals surface area contributed by atoms with Gasteiger partial charge in [-0.2, -0.15) is 5.10 Å². The van der Waals surface area contributed by atoms with Crippen molar-refractivity contribution in [3.05, 3.63) is 117 Å². The van der Waals surface area contributed by atoms with E-state index in [0.717, 1.165) is 39.3 Å². The predicted molar refractivity (Wildman–Crippen MR) is 223 cm³/mol. The molecule has 1 atom stereocenters. The maximum absolute atomic E-state index is 14.1. The van der Waals surface area contributed by atoms with Gasteiger partial charge in [0, 0.05) is 63.4 Å². The third-order valence-corrected chi connectivity index (χ3v) is 10.9. The second-order valence-electron chi connectivity index (χ2n) is 14.3. The van der Waals surface area contributed by atoms with Crippen LogP contribution in [0.2, 0.25) is 5.02 Å². The number of ether oxygens (including phenoxy) is 4. The Kier molecular flexibility index (Phi) is 13.7. The standard InChI is InChI=1S/C44H46ClFN6O8/c1-4-50-17-19-51(20-18-50)21-24-57-35-15-14-33(28(2)40(35)45)38-39-42(47-27-48-43(39)60-41(38)29-9-11-31(46)12-10-29)59-36(44(54)55)25-30-7-5-6-8-34(30)58-26-32-13-16-37(53)52(49-32)22-23-56-3/h5-16,27,36H,4,17-26H2,1-3H3,(H,54,55). The van der Waals surface area contributed by atoms with Crippen molar-refractivity contribution < 1.29 is 37.7 Å². The number of fused-ring (bicyclic) bond motifs is 1. The van der Waals surface area contributed by atoms with Crippen molar-refractivity contribution >= 4 is 28.7 Å². The summed E-state index contributed by atoms with van der Waals surface area (Å²) in [5.41, 5.74) is 3.22. The van der Waals surface area contributed by atoms with Gasteiger partial charge in [-0.05, 0) is 72.6 Å². The lowest BCUT2D eigenvalue weighted by Crippen LogP contribution is -2.47. The molecule has 1 unspecified atom stereocenters. The van der Waals surface area contributed by atoms with Gasteiger partial charge >= 0.3 is 5.97 Å². The molecule has 0 aliphatic carbocycles. The topological polar surface area (TPSA) is 155 Å². The fourth-order valence-corrected chi connectivity index (χ4v) is 7.32. The Hall–Kier alpha value is -5.87. The van der Waals surface area contributed by atoms with E-state index >= 15 is 0 Å². The fraction of sp³-hybridized carbons (Fsp3) is 0.341. The predicted octanol–water partition coefficient (Wildman–Crippen LogP) is 6.53. The van der Waals surface area contributed by atoms with Crippen LogP contribution in [0.1, 0.15) is 23.7 Å². The van der Waals surface area contributed by atoms with Crippen molar-refractivity contribution in [3.8, 4) is 39.8 Å². The van der Waals surface area contributed by atoms with Gasteiger partial charge in [-0.1, -0.05) is 42.8 Å². The van der Waals surface area contributed by atoms with Crippen LogP contribution in [0.4, 0.5) is 4.39 Å². The SMILES string of the molecule is CCN1CCN(CCOc2ccc(-c3c(-c4ccc(F)cc4)oc4ncnc(OC(Cc5ccccc5OCc5ccc(=O)n(CCOC)n5)C(=O)O)c34)c(C)c2Cl)CC1. The lowest BCUT2D eigenvalue weighted by molar-refractivity contribution is -0.145. The van der Waals surface area contributed by atoms with Crippen molar-refractivity contribution in [2.75, 3.05) is 59.6 Å². The largest absolute Gasteiger partial charge is 0.491 e. The number of rotatable bonds is 18. The number of halogens is 2. The van der Waals surface area contributed by atoms with Crippen molar-refractivity contribution in [2.45, 2.75) is 39.5 Å². The van der Waals surface area contributed by atoms with Gasteiger partial charge in [0.15, 0.2) is 0 Å². The summed E-state index contributed by atoms with van der Waals surface area (Å²) in [6.45, 7) is 10.9. The lowest BCUT2D eigenvalue weighted by Gasteiger charge is -2.33. The molecule has 0 amide bonds. The zero-order chi connectivity index (χ0) is 42.2. The summed E-state index contributed by atoms with van der Waals surface area (Å²) >= 11 is 7.01. The van der Waals surface area contributed by atoms with Gasteiger partial charge in [-0.15, -0.1) is 0 Å². The van der Waals surface area contributed by atoms with Crippen molar-refractivity contribution in [3.63, 3.8) is 0 Å². The first-order valence-corrected chi connectivity index (χ1v) is 20.1. The van der Waals surface area contributed by atoms with E-state index in [9.17, 15) is 19.1 Å². The number of nitrogens with zero attached hydrogens (tertiary/aromatic N) is 6. The minimum absolute atomic E-state index is 0.0159. The summed E-state index contributed by atoms with van der Waals surface area (Å²) in [6.07, 6.45) is -0.321. The quantitative estimate of drug-likeness (QED) is 0.0999. The molecule has 1 aliphatic heterocycles. The zero-order valence-corrected chi connectivity index (χ0v) is 34.4. The molecule has 7 rings (SSSR count). The first kappa shape index (κ1) is 42.3. The Morgan fingerprint density at radius 3 is 2.45 bits per heavy atom. The Labute approximate surface area is 351 Å². The van der Waals surface area contributed by atoms with E-state index in [-0.39, 0.29) is 36.7 Å². The molecule has 3 aromatic carbocycles. The normalized spacial score (nSPS) is 14.0. The van der Waals surface area contributed by atoms with Gasteiger partial charge in [0.05, 0.1) is 23.9 Å². The summed E-state index contributed by atoms with van der Waals surface area (Å²) in [5.74, 6) is -0.457. The zero-order valence-electron chi connectivity index (χ0n) is 33.6. The number of hydrogen-bond acceptors (Lipinski definition) is 12. The molecule has 1 saturated heterocycles. The Morgan fingerprint density at radius 2 is 1.70 bits per heavy atom. The van der Waals surface area contributed by atoms with Crippen molar-refractivity contribution in [2.24, 2.45) is 0 Å². The summed E-state index contributed by atoms with van der Waals surface area (Å²) in [5, 5.41) is 15.6. The van der Waals surface area contributed by atoms with E-state index in [1.54, 1.807) is 55.6 Å². The van der Waals surface area contributed by atoms with E-state index in [0.29, 0.717) is 74.4 Å². The first-order valence-electron chi connectivity index (χ1n) is 19.7. The molecule has 0 radical (unpaired) electrons. The van der Waals surface area contributed by atoms with Crippen LogP contribution in [0.5, 0.6) is 17.4 Å². The number of methoxy groups -OCH3 is 1. The molecule has 0 bridgehead atoms. The number of likely N-dealkylation sites (N-methyl/N-ethyl adjacent to an activating group) is 1. The summed E-state index contributed by atoms with van der Waals surface area (Å²) in [4.78, 5) is 38.7. The van der Waals surface area contributed by atoms with Gasteiger partial charge in [-0.25, -0.2) is 23.8 Å². The molecule has 1 aliphatic rings. The number of aromatic nitrogens is 4. The smallest absolute Gasteiger partial charge is 0.345 e. The van der Waals surface area contributed by atoms with Crippen LogP contribution in [-0.2, 0) is 29.1 Å². The Morgan fingerprint density at radius 1 is 0.933 bits per heavy atom. The molecular weight excluding hydrogens is 795 g/mol. The Bertz CT molecular complexity index is 2490. The molecule has 6 aromatic rings. The van der Waals surface area contributed by atoms with Gasteiger partial charge in [0.2, 0.25) is 17.7 Å². The van der Waals surface area contributed by atoms with E-state index in [1.165, 1.54) is 29.2 Å². The molecule has 3 aromatic heterocycles. The number of furan rings is 1. The highest BCUT2D eigenvalue weighted by molar-refractivity contribution is 6.33. The molecule has 60 heavy (non-hydrogen) atoms. The second-order valence-corrected chi connectivity index (χ2v) is 14.6. The third-order valence-electron chi connectivity index (χ3n) is 10.5. The van der Waals surface area contributed by atoms with Gasteiger partial charge < -0.3 is 33.4 Å². The fourth-order valence-electron chi connectivity index (χ4n) is 7.10. The molecule has 4 heterocycles. The van der Waals surface area contributed by atoms with Gasteiger partial charge in [0.25, 0.3) is 5.56 Å². The van der Waals surface area contributed by atoms with Crippen LogP contribution in [0.15, 0.2) is 88.3 Å². The van der Waals surface area contributed by atoms with E-state index in [4.69, 9.17) is 35.0 Å². The van der Waals surface area contributed by atoms with Gasteiger partial charge in [0.1, 0.15) is 48.0 Å². The number of carboxylic acids is 1. The average molecular weight is 841 g/mol. The third kappa shape index (κ3) is 9.77. The lowest BCUT2D eigenvalue weighted by atomic mass is 9.95. The highest BCUT2D eigenvalue weighted by Crippen LogP contribution is 2.47. The summed E-state index contributed by atoms with van der Waals surface area (Å²) in [7, 11) is 1.54. The Balaban J connectivity index is 1.18. The van der Waals surface area contributed by atoms with Crippen LogP contribution in [0.25, 0.3) is 33.6 Å². The second kappa shape index (κ2) is 19.5. The maximum atomic E-state index is 14.1. The molecule has 0 spiro atoms. The van der Waals surface area contributed by atoms with Crippen LogP contribution in [0.3, 0.4) is 0 Å².